The first-order valence-corrected chi connectivity index (χ1v) is 6.32. The second kappa shape index (κ2) is 5.09. The molecule has 21 heavy (non-hydrogen) atoms. The summed E-state index contributed by atoms with van der Waals surface area (Å²) in [7, 11) is 0. The fourth-order valence-corrected chi connectivity index (χ4v) is 2.15. The van der Waals surface area contributed by atoms with Crippen molar-refractivity contribution in [2.75, 3.05) is 0 Å². The molecule has 1 aromatic heterocycles. The van der Waals surface area contributed by atoms with Gasteiger partial charge in [0.15, 0.2) is 0 Å². The molecular formula is C16H11F3N2. The Kier molecular flexibility index (Phi) is 3.25. The monoisotopic (exact) mass is 288 g/mol. The van der Waals surface area contributed by atoms with Crippen molar-refractivity contribution >= 4 is 0 Å². The van der Waals surface area contributed by atoms with E-state index in [0.29, 0.717) is 0 Å². The molecule has 0 aliphatic carbocycles. The number of para-hydroxylation sites is 1. The minimum absolute atomic E-state index is 0.0205. The lowest BCUT2D eigenvalue weighted by atomic mass is 10.1. The molecule has 0 fully saturated rings. The molecule has 0 spiro atoms. The molecule has 5 heteroatoms. The van der Waals surface area contributed by atoms with Crippen LogP contribution in [0.5, 0.6) is 0 Å². The lowest BCUT2D eigenvalue weighted by Gasteiger charge is -2.12. The van der Waals surface area contributed by atoms with Crippen LogP contribution in [0.1, 0.15) is 5.56 Å². The summed E-state index contributed by atoms with van der Waals surface area (Å²) in [6.45, 7) is 0. The Hall–Kier alpha value is -2.56. The molecule has 0 aliphatic rings. The molecule has 0 bridgehead atoms. The SMILES string of the molecule is FC(F)(F)c1ccccc1-n1cc(-c2ccccc2)cn1. The van der Waals surface area contributed by atoms with Gasteiger partial charge in [-0.25, -0.2) is 4.68 Å². The average Bonchev–Trinajstić information content (AvgIpc) is 2.97. The van der Waals surface area contributed by atoms with Gasteiger partial charge < -0.3 is 0 Å². The summed E-state index contributed by atoms with van der Waals surface area (Å²) in [6.07, 6.45) is -1.25. The van der Waals surface area contributed by atoms with Crippen LogP contribution in [-0.4, -0.2) is 9.78 Å². The van der Waals surface area contributed by atoms with E-state index in [4.69, 9.17) is 0 Å². The maximum absolute atomic E-state index is 13.0. The Morgan fingerprint density at radius 3 is 2.19 bits per heavy atom. The molecule has 2 aromatic carbocycles. The molecule has 0 N–H and O–H groups in total. The van der Waals surface area contributed by atoms with E-state index in [1.807, 2.05) is 30.3 Å². The molecule has 0 saturated heterocycles. The highest BCUT2D eigenvalue weighted by molar-refractivity contribution is 5.62. The first-order chi connectivity index (χ1) is 10.1. The Morgan fingerprint density at radius 2 is 1.48 bits per heavy atom. The lowest BCUT2D eigenvalue weighted by Crippen LogP contribution is -2.10. The largest absolute Gasteiger partial charge is 0.418 e. The summed E-state index contributed by atoms with van der Waals surface area (Å²) in [6, 6.07) is 14.8. The van der Waals surface area contributed by atoms with Crippen molar-refractivity contribution in [3.63, 3.8) is 0 Å². The van der Waals surface area contributed by atoms with Crippen molar-refractivity contribution < 1.29 is 13.2 Å². The zero-order valence-corrected chi connectivity index (χ0v) is 10.9. The number of rotatable bonds is 2. The third-order valence-corrected chi connectivity index (χ3v) is 3.15. The van der Waals surface area contributed by atoms with Gasteiger partial charge in [0, 0.05) is 11.8 Å². The van der Waals surface area contributed by atoms with Gasteiger partial charge in [-0.05, 0) is 17.7 Å². The Labute approximate surface area is 119 Å². The molecule has 106 valence electrons. The predicted molar refractivity (Wildman–Crippen MR) is 74.0 cm³/mol. The van der Waals surface area contributed by atoms with E-state index in [0.717, 1.165) is 17.2 Å². The highest BCUT2D eigenvalue weighted by Crippen LogP contribution is 2.33. The van der Waals surface area contributed by atoms with E-state index < -0.39 is 11.7 Å². The summed E-state index contributed by atoms with van der Waals surface area (Å²) in [5, 5.41) is 4.05. The first kappa shape index (κ1) is 13.4. The molecule has 1 heterocycles. The van der Waals surface area contributed by atoms with Gasteiger partial charge >= 0.3 is 6.18 Å². The summed E-state index contributed by atoms with van der Waals surface area (Å²) < 4.78 is 40.3. The Morgan fingerprint density at radius 1 is 0.810 bits per heavy atom. The highest BCUT2D eigenvalue weighted by Gasteiger charge is 2.33. The summed E-state index contributed by atoms with van der Waals surface area (Å²) in [5.74, 6) is 0. The number of alkyl halides is 3. The van der Waals surface area contributed by atoms with Gasteiger partial charge in [0.05, 0.1) is 17.4 Å². The van der Waals surface area contributed by atoms with Crippen molar-refractivity contribution in [2.45, 2.75) is 6.18 Å². The third-order valence-electron chi connectivity index (χ3n) is 3.15. The second-order valence-corrected chi connectivity index (χ2v) is 4.55. The minimum atomic E-state index is -4.41. The predicted octanol–water partition coefficient (Wildman–Crippen LogP) is 4.56. The topological polar surface area (TPSA) is 17.8 Å². The molecule has 0 unspecified atom stereocenters. The van der Waals surface area contributed by atoms with Crippen molar-refractivity contribution in [3.05, 3.63) is 72.6 Å². The quantitative estimate of drug-likeness (QED) is 0.676. The van der Waals surface area contributed by atoms with E-state index in [2.05, 4.69) is 5.10 Å². The first-order valence-electron chi connectivity index (χ1n) is 6.32. The van der Waals surface area contributed by atoms with Gasteiger partial charge in [0.1, 0.15) is 0 Å². The third kappa shape index (κ3) is 2.67. The number of hydrogen-bond donors (Lipinski definition) is 0. The van der Waals surface area contributed by atoms with Crippen LogP contribution in [0.3, 0.4) is 0 Å². The maximum Gasteiger partial charge on any atom is 0.418 e. The van der Waals surface area contributed by atoms with E-state index in [-0.39, 0.29) is 5.69 Å². The van der Waals surface area contributed by atoms with E-state index in [1.165, 1.54) is 16.8 Å². The molecular weight excluding hydrogens is 277 g/mol. The maximum atomic E-state index is 13.0. The second-order valence-electron chi connectivity index (χ2n) is 4.55. The van der Waals surface area contributed by atoms with Crippen LogP contribution in [0, 0.1) is 0 Å². The smallest absolute Gasteiger partial charge is 0.240 e. The number of benzene rings is 2. The zero-order chi connectivity index (χ0) is 14.9. The van der Waals surface area contributed by atoms with Crippen LogP contribution in [0.2, 0.25) is 0 Å². The van der Waals surface area contributed by atoms with Crippen LogP contribution in [0.4, 0.5) is 13.2 Å². The van der Waals surface area contributed by atoms with Gasteiger partial charge in [-0.15, -0.1) is 0 Å². The van der Waals surface area contributed by atoms with Crippen LogP contribution >= 0.6 is 0 Å². The van der Waals surface area contributed by atoms with E-state index in [1.54, 1.807) is 18.5 Å². The summed E-state index contributed by atoms with van der Waals surface area (Å²) in [4.78, 5) is 0. The Bertz CT molecular complexity index is 745. The van der Waals surface area contributed by atoms with Crippen LogP contribution in [0.15, 0.2) is 67.0 Å². The fraction of sp³-hybridized carbons (Fsp3) is 0.0625. The van der Waals surface area contributed by atoms with Gasteiger partial charge in [-0.3, -0.25) is 0 Å². The highest BCUT2D eigenvalue weighted by atomic mass is 19.4. The standard InChI is InChI=1S/C16H11F3N2/c17-16(18,19)14-8-4-5-9-15(14)21-11-13(10-20-21)12-6-2-1-3-7-12/h1-11H. The molecule has 0 saturated carbocycles. The van der Waals surface area contributed by atoms with E-state index in [9.17, 15) is 13.2 Å². The summed E-state index contributed by atoms with van der Waals surface area (Å²) >= 11 is 0. The molecule has 2 nitrogen and oxygen atoms in total. The van der Waals surface area contributed by atoms with Crippen molar-refractivity contribution in [1.82, 2.24) is 9.78 Å². The zero-order valence-electron chi connectivity index (χ0n) is 10.9. The molecule has 3 rings (SSSR count). The Balaban J connectivity index is 2.06. The van der Waals surface area contributed by atoms with Crippen LogP contribution < -0.4 is 0 Å². The van der Waals surface area contributed by atoms with E-state index >= 15 is 0 Å². The number of halogens is 3. The molecule has 3 aromatic rings. The van der Waals surface area contributed by atoms with Crippen LogP contribution in [-0.2, 0) is 6.18 Å². The number of aromatic nitrogens is 2. The lowest BCUT2D eigenvalue weighted by molar-refractivity contribution is -0.137. The van der Waals surface area contributed by atoms with Gasteiger partial charge in [-0.2, -0.15) is 18.3 Å². The van der Waals surface area contributed by atoms with Crippen molar-refractivity contribution in [1.29, 1.82) is 0 Å². The molecule has 0 aliphatic heterocycles. The molecule has 0 amide bonds. The fourth-order valence-electron chi connectivity index (χ4n) is 2.15. The number of hydrogen-bond acceptors (Lipinski definition) is 1. The van der Waals surface area contributed by atoms with Crippen LogP contribution in [0.25, 0.3) is 16.8 Å². The molecule has 0 radical (unpaired) electrons. The minimum Gasteiger partial charge on any atom is -0.240 e. The van der Waals surface area contributed by atoms with Crippen molar-refractivity contribution in [2.24, 2.45) is 0 Å². The normalized spacial score (nSPS) is 11.6. The van der Waals surface area contributed by atoms with Crippen molar-refractivity contribution in [3.8, 4) is 16.8 Å². The molecule has 0 atom stereocenters. The van der Waals surface area contributed by atoms with Gasteiger partial charge in [0.2, 0.25) is 0 Å². The average molecular weight is 288 g/mol. The summed E-state index contributed by atoms with van der Waals surface area (Å²) in [5.41, 5.74) is 1.00. The number of nitrogens with zero attached hydrogens (tertiary/aromatic N) is 2. The van der Waals surface area contributed by atoms with Gasteiger partial charge in [0.25, 0.3) is 0 Å². The van der Waals surface area contributed by atoms with Gasteiger partial charge in [-0.1, -0.05) is 42.5 Å².